The number of hydrogen-bond acceptors (Lipinski definition) is 4. The Balaban J connectivity index is 1.49. The molecule has 0 saturated carbocycles. The van der Waals surface area contributed by atoms with Crippen molar-refractivity contribution in [1.82, 2.24) is 15.5 Å². The van der Waals surface area contributed by atoms with Crippen molar-refractivity contribution in [3.05, 3.63) is 89.0 Å². The number of amides is 2. The highest BCUT2D eigenvalue weighted by Gasteiger charge is 2.17. The number of nitrogens with one attached hydrogen (secondary N) is 3. The van der Waals surface area contributed by atoms with Crippen LogP contribution in [0.4, 0.5) is 4.79 Å². The number of nitrogens with zero attached hydrogens (tertiary/aromatic N) is 1. The van der Waals surface area contributed by atoms with Gasteiger partial charge < -0.3 is 15.4 Å². The highest BCUT2D eigenvalue weighted by Crippen LogP contribution is 2.27. The molecule has 0 saturated heterocycles. The Morgan fingerprint density at radius 1 is 0.923 bits per heavy atom. The molecule has 3 aromatic rings. The largest absolute Gasteiger partial charge is 0.496 e. The number of aryl methyl sites for hydroxylation is 1. The van der Waals surface area contributed by atoms with Crippen LogP contribution in [0.2, 0.25) is 0 Å². The van der Waals surface area contributed by atoms with Crippen LogP contribution in [0.3, 0.4) is 0 Å². The van der Waals surface area contributed by atoms with E-state index in [1.165, 1.54) is 16.0 Å². The zero-order chi connectivity index (χ0) is 28.4. The molecule has 3 aromatic carbocycles. The molecule has 0 aliphatic carbocycles. The molecule has 3 N–H and O–H groups in total. The monoisotopic (exact) mass is 528 g/mol. The summed E-state index contributed by atoms with van der Waals surface area (Å²) in [4.78, 5) is 14.3. The maximum atomic E-state index is 12.8. The van der Waals surface area contributed by atoms with Crippen LogP contribution in [-0.4, -0.2) is 37.5 Å². The Labute approximate surface area is 234 Å². The third-order valence-electron chi connectivity index (χ3n) is 6.96. The number of carbonyl (C=O) groups excluding carboxylic acids is 1. The molecule has 39 heavy (non-hydrogen) atoms. The second-order valence-electron chi connectivity index (χ2n) is 10.9. The van der Waals surface area contributed by atoms with Gasteiger partial charge in [-0.15, -0.1) is 0 Å². The van der Waals surface area contributed by atoms with Gasteiger partial charge in [0.1, 0.15) is 11.6 Å². The third kappa shape index (κ3) is 8.42. The Morgan fingerprint density at radius 2 is 1.56 bits per heavy atom. The average Bonchev–Trinajstić information content (AvgIpc) is 2.92. The highest BCUT2D eigenvalue weighted by atomic mass is 16.5. The van der Waals surface area contributed by atoms with Crippen molar-refractivity contribution in [3.63, 3.8) is 0 Å². The van der Waals surface area contributed by atoms with Crippen LogP contribution in [0.1, 0.15) is 62.8 Å². The zero-order valence-electron chi connectivity index (χ0n) is 24.4. The number of hydrogen-bond donors (Lipinski definition) is 3. The van der Waals surface area contributed by atoms with Crippen LogP contribution in [0.15, 0.2) is 66.7 Å². The fraction of sp³-hybridized carbons (Fsp3) is 0.394. The van der Waals surface area contributed by atoms with Crippen LogP contribution < -0.4 is 15.4 Å². The van der Waals surface area contributed by atoms with Gasteiger partial charge in [-0.3, -0.25) is 10.3 Å². The number of rotatable bonds is 11. The molecule has 0 aromatic heterocycles. The molecular weight excluding hydrogens is 484 g/mol. The fourth-order valence-corrected chi connectivity index (χ4v) is 4.60. The van der Waals surface area contributed by atoms with Crippen molar-refractivity contribution in [1.29, 1.82) is 5.41 Å². The summed E-state index contributed by atoms with van der Waals surface area (Å²) in [5, 5.41) is 14.7. The molecule has 0 unspecified atom stereocenters. The predicted octanol–water partition coefficient (Wildman–Crippen LogP) is 6.91. The van der Waals surface area contributed by atoms with E-state index in [0.29, 0.717) is 25.3 Å². The van der Waals surface area contributed by atoms with Gasteiger partial charge in [0.15, 0.2) is 0 Å². The first kappa shape index (κ1) is 29.9. The topological polar surface area (TPSA) is 77.5 Å². The van der Waals surface area contributed by atoms with Crippen molar-refractivity contribution in [2.24, 2.45) is 0 Å². The first-order chi connectivity index (χ1) is 18.7. The number of benzene rings is 3. The summed E-state index contributed by atoms with van der Waals surface area (Å²) < 4.78 is 5.47. The number of carbonyl (C=O) groups is 1. The maximum Gasteiger partial charge on any atom is 0.323 e. The van der Waals surface area contributed by atoms with E-state index in [0.717, 1.165) is 47.4 Å². The molecule has 0 aliphatic heterocycles. The Morgan fingerprint density at radius 3 is 2.15 bits per heavy atom. The standard InChI is InChI=1S/C33H44N4O2/c1-7-37(32(38)36-22-25-13-18-29(19-14-25)33(2,3)4)31(34)10-8-9-24-11-15-26(16-12-24)27-17-20-30(39-6)28(21-27)23-35-5/h11-21,34-35H,7-10,22-23H2,1-6H3,(H,36,38). The van der Waals surface area contributed by atoms with Crippen LogP contribution in [0.5, 0.6) is 5.75 Å². The van der Waals surface area contributed by atoms with E-state index in [4.69, 9.17) is 10.1 Å². The second kappa shape index (κ2) is 13.9. The van der Waals surface area contributed by atoms with Gasteiger partial charge >= 0.3 is 6.03 Å². The molecule has 208 valence electrons. The molecule has 0 fully saturated rings. The summed E-state index contributed by atoms with van der Waals surface area (Å²) in [6.07, 6.45) is 2.22. The molecule has 6 heteroatoms. The fourth-order valence-electron chi connectivity index (χ4n) is 4.60. The molecule has 6 nitrogen and oxygen atoms in total. The first-order valence-corrected chi connectivity index (χ1v) is 13.8. The number of amidine groups is 1. The van der Waals surface area contributed by atoms with E-state index in [2.05, 4.69) is 92.1 Å². The lowest BCUT2D eigenvalue weighted by Gasteiger charge is -2.22. The lowest BCUT2D eigenvalue weighted by molar-refractivity contribution is 0.221. The first-order valence-electron chi connectivity index (χ1n) is 13.8. The van der Waals surface area contributed by atoms with Crippen molar-refractivity contribution >= 4 is 11.9 Å². The molecule has 0 aliphatic rings. The van der Waals surface area contributed by atoms with Gasteiger partial charge in [-0.25, -0.2) is 4.79 Å². The summed E-state index contributed by atoms with van der Waals surface area (Å²) in [6, 6.07) is 23.0. The van der Waals surface area contributed by atoms with E-state index >= 15 is 0 Å². The predicted molar refractivity (Wildman–Crippen MR) is 162 cm³/mol. The minimum Gasteiger partial charge on any atom is -0.496 e. The smallest absolute Gasteiger partial charge is 0.323 e. The molecule has 3 rings (SSSR count). The highest BCUT2D eigenvalue weighted by molar-refractivity contribution is 5.95. The van der Waals surface area contributed by atoms with Crippen LogP contribution in [0.25, 0.3) is 11.1 Å². The van der Waals surface area contributed by atoms with Crippen LogP contribution >= 0.6 is 0 Å². The van der Waals surface area contributed by atoms with Crippen molar-refractivity contribution in [3.8, 4) is 16.9 Å². The van der Waals surface area contributed by atoms with Gasteiger partial charge in [0.25, 0.3) is 0 Å². The van der Waals surface area contributed by atoms with Crippen molar-refractivity contribution in [2.75, 3.05) is 20.7 Å². The Kier molecular flexibility index (Phi) is 10.7. The van der Waals surface area contributed by atoms with Crippen molar-refractivity contribution in [2.45, 2.75) is 65.5 Å². The van der Waals surface area contributed by atoms with Gasteiger partial charge in [0, 0.05) is 31.6 Å². The second-order valence-corrected chi connectivity index (χ2v) is 10.9. The minimum absolute atomic E-state index is 0.102. The van der Waals surface area contributed by atoms with E-state index in [1.807, 2.05) is 20.0 Å². The zero-order valence-corrected chi connectivity index (χ0v) is 24.4. The van der Waals surface area contributed by atoms with Crippen molar-refractivity contribution < 1.29 is 9.53 Å². The minimum atomic E-state index is -0.219. The van der Waals surface area contributed by atoms with E-state index in [1.54, 1.807) is 7.11 Å². The SMILES string of the molecule is CCN(C(=N)CCCc1ccc(-c2ccc(OC)c(CNC)c2)cc1)C(=O)NCc1ccc(C(C)(C)C)cc1. The van der Waals surface area contributed by atoms with E-state index < -0.39 is 0 Å². The molecule has 0 radical (unpaired) electrons. The molecular formula is C33H44N4O2. The normalized spacial score (nSPS) is 11.2. The number of methoxy groups -OCH3 is 1. The van der Waals surface area contributed by atoms with Crippen LogP contribution in [-0.2, 0) is 24.9 Å². The summed E-state index contributed by atoms with van der Waals surface area (Å²) in [7, 11) is 3.63. The average molecular weight is 529 g/mol. The lowest BCUT2D eigenvalue weighted by atomic mass is 9.87. The van der Waals surface area contributed by atoms with Gasteiger partial charge in [-0.1, -0.05) is 75.4 Å². The molecule has 0 heterocycles. The summed E-state index contributed by atoms with van der Waals surface area (Å²) in [5.41, 5.74) is 7.09. The van der Waals surface area contributed by atoms with Crippen LogP contribution in [0, 0.1) is 5.41 Å². The molecule has 0 bridgehead atoms. The van der Waals surface area contributed by atoms with Gasteiger partial charge in [-0.05, 0) is 72.2 Å². The Hall–Kier alpha value is -3.64. The van der Waals surface area contributed by atoms with Gasteiger partial charge in [0.05, 0.1) is 7.11 Å². The van der Waals surface area contributed by atoms with Gasteiger partial charge in [0.2, 0.25) is 0 Å². The van der Waals surface area contributed by atoms with E-state index in [9.17, 15) is 4.79 Å². The third-order valence-corrected chi connectivity index (χ3v) is 6.96. The van der Waals surface area contributed by atoms with E-state index in [-0.39, 0.29) is 11.4 Å². The number of ether oxygens (including phenoxy) is 1. The summed E-state index contributed by atoms with van der Waals surface area (Å²) >= 11 is 0. The lowest BCUT2D eigenvalue weighted by Crippen LogP contribution is -2.43. The maximum absolute atomic E-state index is 12.8. The molecule has 0 atom stereocenters. The number of urea groups is 1. The molecule has 0 spiro atoms. The summed E-state index contributed by atoms with van der Waals surface area (Å²) in [6.45, 7) is 10.1. The van der Waals surface area contributed by atoms with Gasteiger partial charge in [-0.2, -0.15) is 0 Å². The Bertz CT molecular complexity index is 1230. The summed E-state index contributed by atoms with van der Waals surface area (Å²) in [5.74, 6) is 1.24. The quantitative estimate of drug-likeness (QED) is 0.187. The molecule has 2 amide bonds.